The second-order valence-electron chi connectivity index (χ2n) is 6.17. The van der Waals surface area contributed by atoms with E-state index >= 15 is 0 Å². The summed E-state index contributed by atoms with van der Waals surface area (Å²) in [5, 5.41) is 0. The van der Waals surface area contributed by atoms with Crippen molar-refractivity contribution >= 4 is 27.2 Å². The number of hydrogen-bond donors (Lipinski definition) is 1. The summed E-state index contributed by atoms with van der Waals surface area (Å²) in [5.41, 5.74) is 13.5. The lowest BCUT2D eigenvalue weighted by Gasteiger charge is -2.27. The maximum absolute atomic E-state index is 5.88. The van der Waals surface area contributed by atoms with E-state index in [1.165, 1.54) is 21.5 Å². The number of rotatable bonds is 2. The third-order valence-corrected chi connectivity index (χ3v) is 5.58. The number of nitrogens with zero attached hydrogens (tertiary/aromatic N) is 3. The molecule has 2 aromatic heterocycles. The summed E-state index contributed by atoms with van der Waals surface area (Å²) in [7, 11) is 0. The van der Waals surface area contributed by atoms with Crippen LogP contribution in [0.5, 0.6) is 0 Å². The minimum Gasteiger partial charge on any atom is -0.397 e. The van der Waals surface area contributed by atoms with Gasteiger partial charge < -0.3 is 5.73 Å². The average molecular weight is 324 g/mol. The molecule has 1 aliphatic rings. The van der Waals surface area contributed by atoms with Crippen molar-refractivity contribution < 1.29 is 0 Å². The fourth-order valence-electron chi connectivity index (χ4n) is 3.36. The van der Waals surface area contributed by atoms with E-state index in [1.807, 2.05) is 5.51 Å². The average Bonchev–Trinajstić information content (AvgIpc) is 2.93. The fourth-order valence-corrected chi connectivity index (χ4v) is 4.02. The van der Waals surface area contributed by atoms with Crippen LogP contribution < -0.4 is 5.73 Å². The van der Waals surface area contributed by atoms with Gasteiger partial charge in [0.05, 0.1) is 27.6 Å². The van der Waals surface area contributed by atoms with Crippen LogP contribution >= 0.6 is 11.3 Å². The molecular formula is C18H20N4S. The fraction of sp³-hybridized carbons (Fsp3) is 0.333. The van der Waals surface area contributed by atoms with Crippen LogP contribution in [0.25, 0.3) is 10.2 Å². The topological polar surface area (TPSA) is 55.0 Å². The van der Waals surface area contributed by atoms with Crippen molar-refractivity contribution in [3.8, 4) is 0 Å². The molecule has 3 heterocycles. The SMILES string of the molecule is C[C@@H](c1ccc2scnc2c1)N1CCc2cc(N)cnc2CC1. The second-order valence-corrected chi connectivity index (χ2v) is 7.05. The molecule has 0 aliphatic carbocycles. The molecule has 4 nitrogen and oxygen atoms in total. The van der Waals surface area contributed by atoms with Gasteiger partial charge in [-0.2, -0.15) is 0 Å². The number of fused-ring (bicyclic) bond motifs is 2. The predicted molar refractivity (Wildman–Crippen MR) is 95.7 cm³/mol. The first-order chi connectivity index (χ1) is 11.2. The van der Waals surface area contributed by atoms with Gasteiger partial charge in [0.2, 0.25) is 0 Å². The van der Waals surface area contributed by atoms with E-state index in [1.54, 1.807) is 17.5 Å². The zero-order chi connectivity index (χ0) is 15.8. The first-order valence-corrected chi connectivity index (χ1v) is 8.89. The van der Waals surface area contributed by atoms with E-state index in [9.17, 15) is 0 Å². The Balaban J connectivity index is 1.56. The van der Waals surface area contributed by atoms with Gasteiger partial charge >= 0.3 is 0 Å². The van der Waals surface area contributed by atoms with Crippen LogP contribution in [0.15, 0.2) is 36.0 Å². The number of nitrogens with two attached hydrogens (primary N) is 1. The van der Waals surface area contributed by atoms with E-state index in [4.69, 9.17) is 5.73 Å². The Morgan fingerprint density at radius 2 is 2.04 bits per heavy atom. The van der Waals surface area contributed by atoms with Gasteiger partial charge in [0.15, 0.2) is 0 Å². The number of hydrogen-bond acceptors (Lipinski definition) is 5. The van der Waals surface area contributed by atoms with Crippen molar-refractivity contribution in [2.45, 2.75) is 25.8 Å². The minimum absolute atomic E-state index is 0.382. The second kappa shape index (κ2) is 5.91. The van der Waals surface area contributed by atoms with Gasteiger partial charge in [-0.15, -0.1) is 11.3 Å². The van der Waals surface area contributed by atoms with Crippen LogP contribution in [0.2, 0.25) is 0 Å². The van der Waals surface area contributed by atoms with Crippen molar-refractivity contribution in [1.82, 2.24) is 14.9 Å². The molecule has 2 N–H and O–H groups in total. The van der Waals surface area contributed by atoms with Gasteiger partial charge in [-0.25, -0.2) is 4.98 Å². The van der Waals surface area contributed by atoms with Gasteiger partial charge in [-0.3, -0.25) is 9.88 Å². The summed E-state index contributed by atoms with van der Waals surface area (Å²) in [6, 6.07) is 9.11. The largest absolute Gasteiger partial charge is 0.397 e. The van der Waals surface area contributed by atoms with Crippen LogP contribution in [0.4, 0.5) is 5.69 Å². The summed E-state index contributed by atoms with van der Waals surface area (Å²) >= 11 is 1.69. The molecular weight excluding hydrogens is 304 g/mol. The lowest BCUT2D eigenvalue weighted by Crippen LogP contribution is -2.29. The summed E-state index contributed by atoms with van der Waals surface area (Å²) in [4.78, 5) is 11.5. The first kappa shape index (κ1) is 14.6. The highest BCUT2D eigenvalue weighted by molar-refractivity contribution is 7.16. The molecule has 4 rings (SSSR count). The van der Waals surface area contributed by atoms with Gasteiger partial charge in [0, 0.05) is 31.2 Å². The Morgan fingerprint density at radius 3 is 2.96 bits per heavy atom. The molecule has 1 atom stereocenters. The van der Waals surface area contributed by atoms with Crippen molar-refractivity contribution in [1.29, 1.82) is 0 Å². The van der Waals surface area contributed by atoms with E-state index < -0.39 is 0 Å². The van der Waals surface area contributed by atoms with Crippen molar-refractivity contribution in [2.75, 3.05) is 18.8 Å². The number of pyridine rings is 1. The third-order valence-electron chi connectivity index (χ3n) is 4.77. The molecule has 0 radical (unpaired) electrons. The van der Waals surface area contributed by atoms with Crippen LogP contribution in [0, 0.1) is 0 Å². The Bertz CT molecular complexity index is 842. The highest BCUT2D eigenvalue weighted by atomic mass is 32.1. The normalized spacial score (nSPS) is 16.9. The molecule has 0 saturated heterocycles. The molecule has 3 aromatic rings. The third kappa shape index (κ3) is 2.82. The lowest BCUT2D eigenvalue weighted by molar-refractivity contribution is 0.221. The summed E-state index contributed by atoms with van der Waals surface area (Å²) in [6.45, 7) is 4.35. The highest BCUT2D eigenvalue weighted by Gasteiger charge is 2.20. The number of aromatic nitrogens is 2. The van der Waals surface area contributed by atoms with Crippen LogP contribution in [-0.2, 0) is 12.8 Å². The van der Waals surface area contributed by atoms with Gasteiger partial charge in [0.1, 0.15) is 0 Å². The molecule has 0 spiro atoms. The Labute approximate surface area is 140 Å². The van der Waals surface area contributed by atoms with Gasteiger partial charge in [0.25, 0.3) is 0 Å². The van der Waals surface area contributed by atoms with E-state index in [0.29, 0.717) is 6.04 Å². The first-order valence-electron chi connectivity index (χ1n) is 8.01. The summed E-state index contributed by atoms with van der Waals surface area (Å²) in [5.74, 6) is 0. The number of nitrogen functional groups attached to an aromatic ring is 1. The molecule has 0 unspecified atom stereocenters. The quantitative estimate of drug-likeness (QED) is 0.784. The summed E-state index contributed by atoms with van der Waals surface area (Å²) in [6.07, 6.45) is 3.77. The predicted octanol–water partition coefficient (Wildman–Crippen LogP) is 3.44. The number of thiazole rings is 1. The van der Waals surface area contributed by atoms with Crippen LogP contribution in [0.3, 0.4) is 0 Å². The Hall–Kier alpha value is -1.98. The molecule has 5 heteroatoms. The maximum atomic E-state index is 5.88. The molecule has 0 amide bonds. The van der Waals surface area contributed by atoms with E-state index in [2.05, 4.69) is 46.1 Å². The van der Waals surface area contributed by atoms with Crippen LogP contribution in [0.1, 0.15) is 29.8 Å². The van der Waals surface area contributed by atoms with Crippen molar-refractivity contribution in [3.05, 3.63) is 52.8 Å². The van der Waals surface area contributed by atoms with E-state index in [-0.39, 0.29) is 0 Å². The maximum Gasteiger partial charge on any atom is 0.0815 e. The number of anilines is 1. The zero-order valence-corrected chi connectivity index (χ0v) is 14.0. The highest BCUT2D eigenvalue weighted by Crippen LogP contribution is 2.27. The van der Waals surface area contributed by atoms with Crippen LogP contribution in [-0.4, -0.2) is 28.0 Å². The van der Waals surface area contributed by atoms with E-state index in [0.717, 1.165) is 37.1 Å². The Morgan fingerprint density at radius 1 is 1.17 bits per heavy atom. The molecule has 0 saturated carbocycles. The number of benzene rings is 1. The zero-order valence-electron chi connectivity index (χ0n) is 13.2. The molecule has 1 aromatic carbocycles. The molecule has 0 fully saturated rings. The summed E-state index contributed by atoms with van der Waals surface area (Å²) < 4.78 is 1.25. The van der Waals surface area contributed by atoms with Crippen molar-refractivity contribution in [3.63, 3.8) is 0 Å². The Kier molecular flexibility index (Phi) is 3.75. The monoisotopic (exact) mass is 324 g/mol. The van der Waals surface area contributed by atoms with Crippen molar-refractivity contribution in [2.24, 2.45) is 0 Å². The van der Waals surface area contributed by atoms with Gasteiger partial charge in [-0.05, 0) is 42.7 Å². The smallest absolute Gasteiger partial charge is 0.0815 e. The van der Waals surface area contributed by atoms with Gasteiger partial charge in [-0.1, -0.05) is 6.07 Å². The molecule has 118 valence electrons. The molecule has 23 heavy (non-hydrogen) atoms. The standard InChI is InChI=1S/C18H20N4S/c1-12(13-2-3-18-17(9-13)21-11-23-18)22-6-4-14-8-15(19)10-20-16(14)5-7-22/h2-3,8-12H,4-7,19H2,1H3/t12-/m0/s1. The lowest BCUT2D eigenvalue weighted by atomic mass is 10.1. The minimum atomic E-state index is 0.382. The molecule has 1 aliphatic heterocycles. The molecule has 0 bridgehead atoms.